The molecule has 0 unspecified atom stereocenters. The second-order valence-electron chi connectivity index (χ2n) is 5.06. The minimum atomic E-state index is -1.26. The number of aromatic carboxylic acids is 1. The van der Waals surface area contributed by atoms with Crippen LogP contribution in [-0.2, 0) is 6.54 Å². The summed E-state index contributed by atoms with van der Waals surface area (Å²) in [4.78, 5) is 11.5. The Morgan fingerprint density at radius 2 is 1.83 bits per heavy atom. The minimum absolute atomic E-state index is 0.0467. The maximum absolute atomic E-state index is 11.5. The Labute approximate surface area is 133 Å². The molecule has 1 aromatic heterocycles. The predicted octanol–water partition coefficient (Wildman–Crippen LogP) is 1.97. The van der Waals surface area contributed by atoms with Gasteiger partial charge in [-0.15, -0.1) is 0 Å². The molecule has 0 atom stereocenters. The summed E-state index contributed by atoms with van der Waals surface area (Å²) in [5.41, 5.74) is 2.05. The largest absolute Gasteiger partial charge is 0.545 e. The molecule has 0 fully saturated rings. The minimum Gasteiger partial charge on any atom is -0.545 e. The first kappa shape index (κ1) is 14.8. The predicted molar refractivity (Wildman–Crippen MR) is 84.1 cm³/mol. The monoisotopic (exact) mass is 307 g/mol. The van der Waals surface area contributed by atoms with E-state index in [9.17, 15) is 9.90 Å². The Bertz CT molecular complexity index is 825. The van der Waals surface area contributed by atoms with Crippen LogP contribution >= 0.6 is 0 Å². The number of hydrogen-bond acceptors (Lipinski definition) is 4. The van der Waals surface area contributed by atoms with Crippen LogP contribution in [0.2, 0.25) is 0 Å². The molecular weight excluding hydrogens is 292 g/mol. The van der Waals surface area contributed by atoms with Crippen LogP contribution in [0.25, 0.3) is 11.3 Å². The van der Waals surface area contributed by atoms with E-state index in [2.05, 4.69) is 5.10 Å². The molecule has 0 saturated carbocycles. The van der Waals surface area contributed by atoms with E-state index in [-0.39, 0.29) is 5.56 Å². The summed E-state index contributed by atoms with van der Waals surface area (Å²) in [6, 6.07) is 16.9. The number of benzene rings is 2. The molecule has 0 radical (unpaired) electrons. The van der Waals surface area contributed by atoms with E-state index < -0.39 is 5.97 Å². The normalized spacial score (nSPS) is 10.5. The summed E-state index contributed by atoms with van der Waals surface area (Å²) in [7, 11) is 1.54. The van der Waals surface area contributed by atoms with Crippen molar-refractivity contribution < 1.29 is 14.6 Å². The molecule has 0 N–H and O–H groups in total. The number of aromatic nitrogens is 2. The molecule has 3 rings (SSSR count). The van der Waals surface area contributed by atoms with Crippen molar-refractivity contribution in [2.24, 2.45) is 0 Å². The molecular formula is C18H15N2O3-. The van der Waals surface area contributed by atoms with E-state index in [1.165, 1.54) is 6.20 Å². The molecule has 3 aromatic rings. The molecule has 1 heterocycles. The Balaban J connectivity index is 2.04. The van der Waals surface area contributed by atoms with Crippen molar-refractivity contribution >= 4 is 5.97 Å². The van der Waals surface area contributed by atoms with Gasteiger partial charge in [0, 0.05) is 17.3 Å². The molecule has 23 heavy (non-hydrogen) atoms. The third-order valence-corrected chi connectivity index (χ3v) is 3.53. The van der Waals surface area contributed by atoms with Gasteiger partial charge in [0.25, 0.3) is 0 Å². The third-order valence-electron chi connectivity index (χ3n) is 3.53. The topological polar surface area (TPSA) is 67.2 Å². The number of methoxy groups -OCH3 is 1. The van der Waals surface area contributed by atoms with E-state index in [1.807, 2.05) is 42.5 Å². The van der Waals surface area contributed by atoms with Gasteiger partial charge < -0.3 is 14.6 Å². The number of carboxylic acid groups (broad SMARTS) is 1. The molecule has 0 saturated heterocycles. The summed E-state index contributed by atoms with van der Waals surface area (Å²) in [6.07, 6.45) is 1.49. The van der Waals surface area contributed by atoms with Crippen LogP contribution in [0.5, 0.6) is 5.75 Å². The quantitative estimate of drug-likeness (QED) is 0.723. The van der Waals surface area contributed by atoms with Gasteiger partial charge in [0.1, 0.15) is 11.4 Å². The summed E-state index contributed by atoms with van der Waals surface area (Å²) in [5.74, 6) is -0.690. The van der Waals surface area contributed by atoms with Crippen LogP contribution < -0.4 is 9.84 Å². The van der Waals surface area contributed by atoms with Gasteiger partial charge in [-0.1, -0.05) is 42.5 Å². The van der Waals surface area contributed by atoms with Crippen LogP contribution in [0.15, 0.2) is 60.8 Å². The second-order valence-corrected chi connectivity index (χ2v) is 5.06. The molecule has 116 valence electrons. The van der Waals surface area contributed by atoms with Gasteiger partial charge in [0.05, 0.1) is 19.6 Å². The fraction of sp³-hybridized carbons (Fsp3) is 0.111. The number of carboxylic acids is 1. The van der Waals surface area contributed by atoms with Crippen molar-refractivity contribution in [1.82, 2.24) is 9.78 Å². The van der Waals surface area contributed by atoms with Gasteiger partial charge >= 0.3 is 0 Å². The lowest BCUT2D eigenvalue weighted by atomic mass is 10.1. The van der Waals surface area contributed by atoms with Crippen molar-refractivity contribution in [2.45, 2.75) is 6.54 Å². The van der Waals surface area contributed by atoms with Crippen molar-refractivity contribution in [2.75, 3.05) is 7.11 Å². The standard InChI is InChI=1S/C18H16N2O3/c1-23-16-10-6-5-9-14(16)17-15(18(21)22)12-20(19-17)11-13-7-3-2-4-8-13/h2-10,12H,11H2,1H3,(H,21,22)/p-1. The van der Waals surface area contributed by atoms with E-state index >= 15 is 0 Å². The highest BCUT2D eigenvalue weighted by atomic mass is 16.5. The van der Waals surface area contributed by atoms with Crippen molar-refractivity contribution in [3.05, 3.63) is 71.9 Å². The lowest BCUT2D eigenvalue weighted by Gasteiger charge is -2.08. The molecule has 0 aliphatic heterocycles. The number of para-hydroxylation sites is 1. The van der Waals surface area contributed by atoms with Crippen LogP contribution in [0.4, 0.5) is 0 Å². The number of nitrogens with zero attached hydrogens (tertiary/aromatic N) is 2. The van der Waals surface area contributed by atoms with E-state index in [1.54, 1.807) is 23.9 Å². The van der Waals surface area contributed by atoms with E-state index in [4.69, 9.17) is 4.74 Å². The van der Waals surface area contributed by atoms with Gasteiger partial charge in [-0.2, -0.15) is 5.10 Å². The summed E-state index contributed by atoms with van der Waals surface area (Å²) >= 11 is 0. The number of carbonyl (C=O) groups excluding carboxylic acids is 1. The fourth-order valence-corrected chi connectivity index (χ4v) is 2.46. The number of carbonyl (C=O) groups is 1. The lowest BCUT2D eigenvalue weighted by Crippen LogP contribution is -2.22. The van der Waals surface area contributed by atoms with Crippen molar-refractivity contribution in [3.8, 4) is 17.0 Å². The van der Waals surface area contributed by atoms with E-state index in [0.29, 0.717) is 23.6 Å². The molecule has 0 spiro atoms. The highest BCUT2D eigenvalue weighted by molar-refractivity contribution is 5.94. The molecule has 5 nitrogen and oxygen atoms in total. The zero-order valence-electron chi connectivity index (χ0n) is 12.6. The molecule has 2 aromatic carbocycles. The van der Waals surface area contributed by atoms with Crippen molar-refractivity contribution in [3.63, 3.8) is 0 Å². The number of ether oxygens (including phenoxy) is 1. The molecule has 0 amide bonds. The number of rotatable bonds is 5. The average Bonchev–Trinajstić information content (AvgIpc) is 2.99. The summed E-state index contributed by atoms with van der Waals surface area (Å²) < 4.78 is 6.90. The van der Waals surface area contributed by atoms with Crippen LogP contribution in [0, 0.1) is 0 Å². The highest BCUT2D eigenvalue weighted by Gasteiger charge is 2.15. The van der Waals surface area contributed by atoms with Crippen LogP contribution in [0.3, 0.4) is 0 Å². The lowest BCUT2D eigenvalue weighted by molar-refractivity contribution is -0.254. The van der Waals surface area contributed by atoms with Gasteiger partial charge in [-0.05, 0) is 17.7 Å². The van der Waals surface area contributed by atoms with E-state index in [0.717, 1.165) is 5.56 Å². The SMILES string of the molecule is COc1ccccc1-c1nn(Cc2ccccc2)cc1C(=O)[O-]. The Hall–Kier alpha value is -3.08. The van der Waals surface area contributed by atoms with Crippen molar-refractivity contribution in [1.29, 1.82) is 0 Å². The van der Waals surface area contributed by atoms with Gasteiger partial charge in [-0.3, -0.25) is 4.68 Å². The van der Waals surface area contributed by atoms with Gasteiger partial charge in [0.15, 0.2) is 0 Å². The molecule has 0 aliphatic rings. The first-order chi connectivity index (χ1) is 11.2. The summed E-state index contributed by atoms with van der Waals surface area (Å²) in [5, 5.41) is 15.9. The first-order valence-electron chi connectivity index (χ1n) is 7.15. The number of hydrogen-bond donors (Lipinski definition) is 0. The molecule has 5 heteroatoms. The fourth-order valence-electron chi connectivity index (χ4n) is 2.46. The van der Waals surface area contributed by atoms with Gasteiger partial charge in [-0.25, -0.2) is 0 Å². The summed E-state index contributed by atoms with van der Waals surface area (Å²) in [6.45, 7) is 0.482. The second kappa shape index (κ2) is 6.36. The molecule has 0 aliphatic carbocycles. The maximum atomic E-state index is 11.5. The first-order valence-corrected chi connectivity index (χ1v) is 7.15. The zero-order valence-corrected chi connectivity index (χ0v) is 12.6. The third kappa shape index (κ3) is 3.08. The zero-order chi connectivity index (χ0) is 16.2. The van der Waals surface area contributed by atoms with Crippen LogP contribution in [-0.4, -0.2) is 22.9 Å². The Morgan fingerprint density at radius 1 is 1.13 bits per heavy atom. The highest BCUT2D eigenvalue weighted by Crippen LogP contribution is 2.30. The smallest absolute Gasteiger partial charge is 0.128 e. The molecule has 0 bridgehead atoms. The maximum Gasteiger partial charge on any atom is 0.128 e. The Kier molecular flexibility index (Phi) is 4.10. The van der Waals surface area contributed by atoms with Crippen LogP contribution in [0.1, 0.15) is 15.9 Å². The average molecular weight is 307 g/mol. The Morgan fingerprint density at radius 3 is 2.52 bits per heavy atom. The van der Waals surface area contributed by atoms with Gasteiger partial charge in [0.2, 0.25) is 0 Å².